The Balaban J connectivity index is 1.55. The lowest BCUT2D eigenvalue weighted by molar-refractivity contribution is -0.0190. The van der Waals surface area contributed by atoms with Crippen molar-refractivity contribution in [3.8, 4) is 5.75 Å². The molecule has 0 bridgehead atoms. The highest BCUT2D eigenvalue weighted by molar-refractivity contribution is 6.30. The molecule has 3 nitrogen and oxygen atoms in total. The molecule has 2 heterocycles. The van der Waals surface area contributed by atoms with Gasteiger partial charge < -0.3 is 4.74 Å². The molecular formula is C25H23ClN2O. The number of nitrogens with zero attached hydrogens (tertiary/aromatic N) is 2. The first kappa shape index (κ1) is 18.3. The fourth-order valence-electron chi connectivity index (χ4n) is 4.12. The predicted molar refractivity (Wildman–Crippen MR) is 118 cm³/mol. The number of fused-ring (bicyclic) bond motifs is 3. The molecule has 5 rings (SSSR count). The molecule has 146 valence electrons. The lowest BCUT2D eigenvalue weighted by atomic mass is 9.95. The van der Waals surface area contributed by atoms with E-state index in [9.17, 15) is 0 Å². The van der Waals surface area contributed by atoms with Crippen molar-refractivity contribution < 1.29 is 4.74 Å². The Morgan fingerprint density at radius 2 is 1.69 bits per heavy atom. The van der Waals surface area contributed by atoms with E-state index in [0.717, 1.165) is 34.0 Å². The third kappa shape index (κ3) is 3.30. The van der Waals surface area contributed by atoms with Gasteiger partial charge in [-0.3, -0.25) is 0 Å². The van der Waals surface area contributed by atoms with E-state index in [2.05, 4.69) is 61.3 Å². The van der Waals surface area contributed by atoms with Crippen LogP contribution >= 0.6 is 11.6 Å². The normalized spacial score (nSPS) is 20.1. The van der Waals surface area contributed by atoms with E-state index in [1.165, 1.54) is 11.1 Å². The Morgan fingerprint density at radius 3 is 2.41 bits per heavy atom. The lowest BCUT2D eigenvalue weighted by Gasteiger charge is -2.38. The third-order valence-corrected chi connectivity index (χ3v) is 6.02. The number of hydrazone groups is 1. The highest BCUT2D eigenvalue weighted by Gasteiger charge is 2.40. The number of benzene rings is 3. The number of rotatable bonds is 3. The summed E-state index contributed by atoms with van der Waals surface area (Å²) >= 11 is 6.08. The van der Waals surface area contributed by atoms with Crippen LogP contribution in [0, 0.1) is 0 Å². The van der Waals surface area contributed by atoms with Crippen molar-refractivity contribution >= 4 is 17.3 Å². The van der Waals surface area contributed by atoms with Gasteiger partial charge in [0.25, 0.3) is 0 Å². The highest BCUT2D eigenvalue weighted by Crippen LogP contribution is 2.47. The predicted octanol–water partition coefficient (Wildman–Crippen LogP) is 6.71. The summed E-state index contributed by atoms with van der Waals surface area (Å²) in [4.78, 5) is 0. The van der Waals surface area contributed by atoms with Gasteiger partial charge in [-0.05, 0) is 35.2 Å². The van der Waals surface area contributed by atoms with Crippen LogP contribution in [-0.4, -0.2) is 10.7 Å². The molecule has 2 aliphatic rings. The Hall–Kier alpha value is -2.78. The van der Waals surface area contributed by atoms with E-state index in [-0.39, 0.29) is 12.3 Å². The van der Waals surface area contributed by atoms with Gasteiger partial charge in [-0.25, -0.2) is 5.01 Å². The largest absolute Gasteiger partial charge is 0.464 e. The van der Waals surface area contributed by atoms with Gasteiger partial charge in [0.2, 0.25) is 6.23 Å². The van der Waals surface area contributed by atoms with Crippen molar-refractivity contribution in [3.05, 3.63) is 100 Å². The van der Waals surface area contributed by atoms with E-state index in [4.69, 9.17) is 21.4 Å². The minimum atomic E-state index is -0.235. The molecule has 29 heavy (non-hydrogen) atoms. The van der Waals surface area contributed by atoms with Gasteiger partial charge in [0.15, 0.2) is 0 Å². The van der Waals surface area contributed by atoms with Crippen molar-refractivity contribution in [2.75, 3.05) is 0 Å². The maximum Gasteiger partial charge on any atom is 0.213 e. The second-order valence-corrected chi connectivity index (χ2v) is 8.42. The molecule has 0 saturated carbocycles. The minimum absolute atomic E-state index is 0.167. The molecule has 0 amide bonds. The van der Waals surface area contributed by atoms with Crippen LogP contribution in [0.5, 0.6) is 5.75 Å². The molecule has 3 aromatic carbocycles. The zero-order valence-electron chi connectivity index (χ0n) is 16.5. The summed E-state index contributed by atoms with van der Waals surface area (Å²) in [6, 6.07) is 25.1. The summed E-state index contributed by atoms with van der Waals surface area (Å²) in [6.45, 7) is 4.42. The molecule has 3 aromatic rings. The third-order valence-electron chi connectivity index (χ3n) is 5.76. The van der Waals surface area contributed by atoms with Crippen LogP contribution in [0.3, 0.4) is 0 Å². The molecule has 0 radical (unpaired) electrons. The maximum absolute atomic E-state index is 6.43. The summed E-state index contributed by atoms with van der Waals surface area (Å²) in [6.07, 6.45) is 0.615. The van der Waals surface area contributed by atoms with Crippen molar-refractivity contribution in [1.29, 1.82) is 0 Å². The first-order valence-electron chi connectivity index (χ1n) is 10.1. The van der Waals surface area contributed by atoms with Crippen molar-refractivity contribution in [2.24, 2.45) is 5.10 Å². The standard InChI is InChI=1S/C25H23ClN2O/c1-16(2)17-7-9-19(10-8-17)25-28-23(21-5-3-4-6-24(21)29-25)15-22(27-28)18-11-13-20(26)14-12-18/h3-14,16,23,25H,15H2,1-2H3. The molecule has 2 unspecified atom stereocenters. The molecule has 0 spiro atoms. The fourth-order valence-corrected chi connectivity index (χ4v) is 4.24. The second-order valence-electron chi connectivity index (χ2n) is 7.98. The first-order chi connectivity index (χ1) is 14.1. The van der Waals surface area contributed by atoms with Crippen molar-refractivity contribution in [2.45, 2.75) is 38.5 Å². The van der Waals surface area contributed by atoms with Crippen LogP contribution in [0.25, 0.3) is 0 Å². The van der Waals surface area contributed by atoms with Crippen LogP contribution in [0.1, 0.15) is 60.7 Å². The zero-order valence-corrected chi connectivity index (χ0v) is 17.3. The van der Waals surface area contributed by atoms with Crippen LogP contribution in [-0.2, 0) is 0 Å². The lowest BCUT2D eigenvalue weighted by Crippen LogP contribution is -2.33. The molecule has 4 heteroatoms. The van der Waals surface area contributed by atoms with Gasteiger partial charge in [-0.2, -0.15) is 5.10 Å². The van der Waals surface area contributed by atoms with Gasteiger partial charge in [-0.1, -0.05) is 80.0 Å². The number of para-hydroxylation sites is 1. The smallest absolute Gasteiger partial charge is 0.213 e. The molecule has 0 fully saturated rings. The van der Waals surface area contributed by atoms with E-state index in [1.807, 2.05) is 30.3 Å². The van der Waals surface area contributed by atoms with E-state index < -0.39 is 0 Å². The van der Waals surface area contributed by atoms with Gasteiger partial charge in [0.1, 0.15) is 5.75 Å². The summed E-state index contributed by atoms with van der Waals surface area (Å²) in [5.74, 6) is 1.45. The first-order valence-corrected chi connectivity index (χ1v) is 10.4. The fraction of sp³-hybridized carbons (Fsp3) is 0.240. The average Bonchev–Trinajstić information content (AvgIpc) is 3.19. The summed E-state index contributed by atoms with van der Waals surface area (Å²) < 4.78 is 6.43. The van der Waals surface area contributed by atoms with E-state index >= 15 is 0 Å². The highest BCUT2D eigenvalue weighted by atomic mass is 35.5. The topological polar surface area (TPSA) is 24.8 Å². The Kier molecular flexibility index (Phi) is 4.56. The van der Waals surface area contributed by atoms with Crippen molar-refractivity contribution in [1.82, 2.24) is 5.01 Å². The van der Waals surface area contributed by atoms with Gasteiger partial charge in [0.05, 0.1) is 11.8 Å². The molecule has 0 N–H and O–H groups in total. The maximum atomic E-state index is 6.43. The van der Waals surface area contributed by atoms with Crippen LogP contribution < -0.4 is 4.74 Å². The Labute approximate surface area is 176 Å². The van der Waals surface area contributed by atoms with E-state index in [1.54, 1.807) is 0 Å². The molecule has 0 saturated heterocycles. The SMILES string of the molecule is CC(C)c1ccc(C2Oc3ccccc3C3CC(c4ccc(Cl)cc4)=NN32)cc1. The number of halogens is 1. The van der Waals surface area contributed by atoms with Crippen LogP contribution in [0.2, 0.25) is 5.02 Å². The molecular weight excluding hydrogens is 380 g/mol. The average molecular weight is 403 g/mol. The molecule has 0 aliphatic carbocycles. The summed E-state index contributed by atoms with van der Waals surface area (Å²) in [5.41, 5.74) is 5.81. The number of ether oxygens (including phenoxy) is 1. The molecule has 2 atom stereocenters. The molecule has 2 aliphatic heterocycles. The van der Waals surface area contributed by atoms with Gasteiger partial charge >= 0.3 is 0 Å². The summed E-state index contributed by atoms with van der Waals surface area (Å²) in [5, 5.41) is 7.87. The summed E-state index contributed by atoms with van der Waals surface area (Å²) in [7, 11) is 0. The number of hydrogen-bond donors (Lipinski definition) is 0. The quantitative estimate of drug-likeness (QED) is 0.486. The molecule has 0 aromatic heterocycles. The van der Waals surface area contributed by atoms with Crippen molar-refractivity contribution in [3.63, 3.8) is 0 Å². The number of hydrogen-bond acceptors (Lipinski definition) is 3. The minimum Gasteiger partial charge on any atom is -0.464 e. The second kappa shape index (κ2) is 7.23. The van der Waals surface area contributed by atoms with Gasteiger partial charge in [0, 0.05) is 22.6 Å². The van der Waals surface area contributed by atoms with Gasteiger partial charge in [-0.15, -0.1) is 0 Å². The van der Waals surface area contributed by atoms with E-state index in [0.29, 0.717) is 5.92 Å². The Bertz CT molecular complexity index is 1060. The Morgan fingerprint density at radius 1 is 0.966 bits per heavy atom. The monoisotopic (exact) mass is 402 g/mol. The van der Waals surface area contributed by atoms with Crippen LogP contribution in [0.15, 0.2) is 77.9 Å². The van der Waals surface area contributed by atoms with Crippen LogP contribution in [0.4, 0.5) is 0 Å². The zero-order chi connectivity index (χ0) is 20.0.